The molecule has 0 saturated carbocycles. The fourth-order valence-corrected chi connectivity index (χ4v) is 3.07. The SMILES string of the molecule is CNC(=O)c1ccc(C(=O)Nc2cc3cc(-c4nncs4)ccc3nn2)cn1. The molecule has 10 heteroatoms. The average molecular weight is 391 g/mol. The number of nitrogens with zero attached hydrogens (tertiary/aromatic N) is 5. The maximum Gasteiger partial charge on any atom is 0.269 e. The average Bonchev–Trinajstić information content (AvgIpc) is 3.27. The van der Waals surface area contributed by atoms with E-state index in [0.29, 0.717) is 16.9 Å². The molecule has 138 valence electrons. The molecule has 3 heterocycles. The number of nitrogens with one attached hydrogen (secondary N) is 2. The first-order valence-corrected chi connectivity index (χ1v) is 9.05. The molecule has 0 atom stereocenters. The van der Waals surface area contributed by atoms with Crippen molar-refractivity contribution in [3.8, 4) is 10.6 Å². The fourth-order valence-electron chi connectivity index (χ4n) is 2.52. The van der Waals surface area contributed by atoms with Crippen LogP contribution in [-0.2, 0) is 0 Å². The van der Waals surface area contributed by atoms with Crippen LogP contribution in [0.5, 0.6) is 0 Å². The monoisotopic (exact) mass is 391 g/mol. The molecule has 0 saturated heterocycles. The largest absolute Gasteiger partial charge is 0.354 e. The van der Waals surface area contributed by atoms with Crippen molar-refractivity contribution in [1.82, 2.24) is 30.7 Å². The highest BCUT2D eigenvalue weighted by Crippen LogP contribution is 2.25. The standard InChI is InChI=1S/C18H13N7O2S/c1-19-17(27)14-5-3-11(8-20-14)16(26)22-15-7-12-6-10(18-25-21-9-28-18)2-4-13(12)23-24-15/h2-9H,1H3,(H,19,27)(H,22,24,26). The highest BCUT2D eigenvalue weighted by molar-refractivity contribution is 7.12. The third kappa shape index (κ3) is 3.53. The summed E-state index contributed by atoms with van der Waals surface area (Å²) in [6.45, 7) is 0. The van der Waals surface area contributed by atoms with Gasteiger partial charge in [0.15, 0.2) is 5.82 Å². The molecule has 4 rings (SSSR count). The lowest BCUT2D eigenvalue weighted by atomic mass is 10.1. The third-order valence-corrected chi connectivity index (χ3v) is 4.66. The molecule has 0 aliphatic rings. The van der Waals surface area contributed by atoms with Crippen LogP contribution in [0.4, 0.5) is 5.82 Å². The van der Waals surface area contributed by atoms with Crippen molar-refractivity contribution in [1.29, 1.82) is 0 Å². The Bertz CT molecular complexity index is 1160. The molecule has 28 heavy (non-hydrogen) atoms. The van der Waals surface area contributed by atoms with Crippen LogP contribution >= 0.6 is 11.3 Å². The van der Waals surface area contributed by atoms with Crippen molar-refractivity contribution in [2.75, 3.05) is 12.4 Å². The number of hydrogen-bond acceptors (Lipinski definition) is 8. The number of rotatable bonds is 4. The van der Waals surface area contributed by atoms with Crippen molar-refractivity contribution >= 4 is 39.9 Å². The Morgan fingerprint density at radius 3 is 2.61 bits per heavy atom. The van der Waals surface area contributed by atoms with Gasteiger partial charge in [0.1, 0.15) is 16.2 Å². The van der Waals surface area contributed by atoms with Gasteiger partial charge in [-0.05, 0) is 36.4 Å². The zero-order valence-corrected chi connectivity index (χ0v) is 15.4. The van der Waals surface area contributed by atoms with E-state index in [1.54, 1.807) is 11.6 Å². The van der Waals surface area contributed by atoms with E-state index in [1.807, 2.05) is 18.2 Å². The van der Waals surface area contributed by atoms with E-state index in [2.05, 4.69) is 36.0 Å². The molecule has 0 spiro atoms. The number of pyridine rings is 1. The van der Waals surface area contributed by atoms with Gasteiger partial charge in [-0.3, -0.25) is 14.6 Å². The number of fused-ring (bicyclic) bond motifs is 1. The minimum atomic E-state index is -0.398. The van der Waals surface area contributed by atoms with E-state index in [0.717, 1.165) is 16.0 Å². The normalized spacial score (nSPS) is 10.6. The van der Waals surface area contributed by atoms with Crippen molar-refractivity contribution in [3.05, 3.63) is 59.4 Å². The topological polar surface area (TPSA) is 123 Å². The molecule has 3 aromatic heterocycles. The van der Waals surface area contributed by atoms with Crippen LogP contribution in [0.1, 0.15) is 20.8 Å². The number of carbonyl (C=O) groups excluding carboxylic acids is 2. The predicted octanol–water partition coefficient (Wildman–Crippen LogP) is 2.16. The smallest absolute Gasteiger partial charge is 0.269 e. The molecule has 0 aliphatic carbocycles. The lowest BCUT2D eigenvalue weighted by molar-refractivity contribution is 0.0955. The number of amides is 2. The van der Waals surface area contributed by atoms with Gasteiger partial charge in [-0.2, -0.15) is 0 Å². The van der Waals surface area contributed by atoms with Crippen LogP contribution in [0, 0.1) is 0 Å². The number of aromatic nitrogens is 5. The van der Waals surface area contributed by atoms with Gasteiger partial charge < -0.3 is 10.6 Å². The Kier molecular flexibility index (Phi) is 4.68. The molecule has 4 aromatic rings. The fraction of sp³-hybridized carbons (Fsp3) is 0.0556. The summed E-state index contributed by atoms with van der Waals surface area (Å²) in [4.78, 5) is 27.9. The highest BCUT2D eigenvalue weighted by Gasteiger charge is 2.11. The van der Waals surface area contributed by atoms with E-state index < -0.39 is 5.91 Å². The lowest BCUT2D eigenvalue weighted by Crippen LogP contribution is -2.20. The highest BCUT2D eigenvalue weighted by atomic mass is 32.1. The van der Waals surface area contributed by atoms with Crippen LogP contribution in [-0.4, -0.2) is 44.2 Å². The molecule has 0 unspecified atom stereocenters. The summed E-state index contributed by atoms with van der Waals surface area (Å²) in [5.41, 5.74) is 3.81. The van der Waals surface area contributed by atoms with Gasteiger partial charge in [-0.1, -0.05) is 11.3 Å². The molecule has 0 aliphatic heterocycles. The quantitative estimate of drug-likeness (QED) is 0.546. The number of carbonyl (C=O) groups is 2. The van der Waals surface area contributed by atoms with Crippen molar-refractivity contribution in [3.63, 3.8) is 0 Å². The van der Waals surface area contributed by atoms with Crippen LogP contribution in [0.3, 0.4) is 0 Å². The zero-order chi connectivity index (χ0) is 19.5. The number of anilines is 1. The summed E-state index contributed by atoms with van der Waals surface area (Å²) in [5, 5.41) is 22.8. The van der Waals surface area contributed by atoms with Crippen LogP contribution in [0.15, 0.2) is 48.1 Å². The predicted molar refractivity (Wildman–Crippen MR) is 104 cm³/mol. The zero-order valence-electron chi connectivity index (χ0n) is 14.6. The van der Waals surface area contributed by atoms with Crippen LogP contribution in [0.2, 0.25) is 0 Å². The van der Waals surface area contributed by atoms with Crippen molar-refractivity contribution in [2.45, 2.75) is 0 Å². The van der Waals surface area contributed by atoms with Gasteiger partial charge in [0, 0.05) is 24.2 Å². The van der Waals surface area contributed by atoms with Gasteiger partial charge in [0.2, 0.25) is 0 Å². The Labute approximate surface area is 162 Å². The van der Waals surface area contributed by atoms with Crippen molar-refractivity contribution in [2.24, 2.45) is 0 Å². The van der Waals surface area contributed by atoms with E-state index >= 15 is 0 Å². The second kappa shape index (κ2) is 7.45. The van der Waals surface area contributed by atoms with E-state index in [4.69, 9.17) is 0 Å². The maximum absolute atomic E-state index is 12.4. The molecular weight excluding hydrogens is 378 g/mol. The van der Waals surface area contributed by atoms with Crippen molar-refractivity contribution < 1.29 is 9.59 Å². The van der Waals surface area contributed by atoms with Gasteiger partial charge in [-0.15, -0.1) is 20.4 Å². The first-order valence-electron chi connectivity index (χ1n) is 8.17. The molecule has 0 fully saturated rings. The first kappa shape index (κ1) is 17.6. The Hall–Kier alpha value is -3.79. The molecule has 9 nitrogen and oxygen atoms in total. The third-order valence-electron chi connectivity index (χ3n) is 3.92. The molecule has 2 amide bonds. The summed E-state index contributed by atoms with van der Waals surface area (Å²) in [5.74, 6) is -0.411. The first-order chi connectivity index (χ1) is 13.6. The Morgan fingerprint density at radius 2 is 1.89 bits per heavy atom. The minimum absolute atomic E-state index is 0.230. The number of hydrogen-bond donors (Lipinski definition) is 2. The summed E-state index contributed by atoms with van der Waals surface area (Å²) in [6.07, 6.45) is 1.34. The Balaban J connectivity index is 1.57. The van der Waals surface area contributed by atoms with Crippen LogP contribution in [0.25, 0.3) is 21.5 Å². The second-order valence-corrected chi connectivity index (χ2v) is 6.55. The van der Waals surface area contributed by atoms with Gasteiger partial charge >= 0.3 is 0 Å². The lowest BCUT2D eigenvalue weighted by Gasteiger charge is -2.06. The summed E-state index contributed by atoms with van der Waals surface area (Å²) < 4.78 is 0. The van der Waals surface area contributed by atoms with Gasteiger partial charge in [0.05, 0.1) is 11.1 Å². The van der Waals surface area contributed by atoms with Crippen LogP contribution < -0.4 is 10.6 Å². The maximum atomic E-state index is 12.4. The molecule has 2 N–H and O–H groups in total. The summed E-state index contributed by atoms with van der Waals surface area (Å²) in [6, 6.07) is 10.4. The van der Waals surface area contributed by atoms with Gasteiger partial charge in [0.25, 0.3) is 11.8 Å². The number of benzene rings is 1. The minimum Gasteiger partial charge on any atom is -0.354 e. The second-order valence-electron chi connectivity index (χ2n) is 5.71. The van der Waals surface area contributed by atoms with E-state index in [-0.39, 0.29) is 11.6 Å². The summed E-state index contributed by atoms with van der Waals surface area (Å²) in [7, 11) is 1.51. The molecule has 1 aromatic carbocycles. The van der Waals surface area contributed by atoms with E-state index in [1.165, 1.54) is 36.7 Å². The van der Waals surface area contributed by atoms with Gasteiger partial charge in [-0.25, -0.2) is 0 Å². The molecular formula is C18H13N7O2S. The molecule has 0 radical (unpaired) electrons. The van der Waals surface area contributed by atoms with E-state index in [9.17, 15) is 9.59 Å². The summed E-state index contributed by atoms with van der Waals surface area (Å²) >= 11 is 1.44. The Morgan fingerprint density at radius 1 is 1.00 bits per heavy atom. The molecule has 0 bridgehead atoms.